The minimum absolute atomic E-state index is 0.204. The predicted molar refractivity (Wildman–Crippen MR) is 43.0 cm³/mol. The Hall–Kier alpha value is -1.65. The van der Waals surface area contributed by atoms with E-state index in [9.17, 15) is 4.79 Å². The Bertz CT molecular complexity index is 456. The molecule has 0 atom stereocenters. The van der Waals surface area contributed by atoms with E-state index in [1.807, 2.05) is 6.92 Å². The van der Waals surface area contributed by atoms with Gasteiger partial charge >= 0.3 is 0 Å². The van der Waals surface area contributed by atoms with E-state index in [1.54, 1.807) is 10.7 Å². The standard InChI is InChI=1S/C7H8N4O/c1-2-5-3-8-6-7(12)9-4-10-11(5)6/h3-4H,2H2,1H3,(H,9,10,12). The lowest BCUT2D eigenvalue weighted by Gasteiger charge is -1.93. The van der Waals surface area contributed by atoms with Crippen molar-refractivity contribution in [1.82, 2.24) is 19.6 Å². The maximum atomic E-state index is 11.1. The minimum atomic E-state index is -0.204. The van der Waals surface area contributed by atoms with Crippen molar-refractivity contribution >= 4 is 5.65 Å². The average Bonchev–Trinajstić information content (AvgIpc) is 2.49. The highest BCUT2D eigenvalue weighted by molar-refractivity contribution is 5.34. The van der Waals surface area contributed by atoms with Gasteiger partial charge in [0.2, 0.25) is 5.65 Å². The van der Waals surface area contributed by atoms with Crippen molar-refractivity contribution in [1.29, 1.82) is 0 Å². The number of nitrogens with zero attached hydrogens (tertiary/aromatic N) is 3. The van der Waals surface area contributed by atoms with Gasteiger partial charge in [0.15, 0.2) is 0 Å². The van der Waals surface area contributed by atoms with Gasteiger partial charge < -0.3 is 4.98 Å². The van der Waals surface area contributed by atoms with Gasteiger partial charge in [-0.1, -0.05) is 6.92 Å². The summed E-state index contributed by atoms with van der Waals surface area (Å²) >= 11 is 0. The molecule has 2 heterocycles. The van der Waals surface area contributed by atoms with Gasteiger partial charge in [-0.15, -0.1) is 0 Å². The molecular formula is C7H8N4O. The van der Waals surface area contributed by atoms with Gasteiger partial charge in [0, 0.05) is 0 Å². The number of hydrogen-bond acceptors (Lipinski definition) is 3. The summed E-state index contributed by atoms with van der Waals surface area (Å²) in [6, 6.07) is 0. The molecule has 5 nitrogen and oxygen atoms in total. The molecule has 0 aliphatic carbocycles. The third-order valence-corrected chi connectivity index (χ3v) is 1.74. The third kappa shape index (κ3) is 0.827. The lowest BCUT2D eigenvalue weighted by molar-refractivity contribution is 0.827. The molecular weight excluding hydrogens is 156 g/mol. The van der Waals surface area contributed by atoms with Crippen LogP contribution in [0.1, 0.15) is 12.6 Å². The number of imidazole rings is 1. The molecule has 2 aromatic rings. The van der Waals surface area contributed by atoms with Crippen molar-refractivity contribution < 1.29 is 0 Å². The van der Waals surface area contributed by atoms with Crippen molar-refractivity contribution in [3.05, 3.63) is 28.6 Å². The molecule has 0 aromatic carbocycles. The van der Waals surface area contributed by atoms with E-state index in [1.165, 1.54) is 6.33 Å². The monoisotopic (exact) mass is 164 g/mol. The Labute approximate surface area is 68.1 Å². The summed E-state index contributed by atoms with van der Waals surface area (Å²) in [5.41, 5.74) is 1.09. The van der Waals surface area contributed by atoms with Gasteiger partial charge in [0.1, 0.15) is 6.33 Å². The van der Waals surface area contributed by atoms with E-state index >= 15 is 0 Å². The van der Waals surface area contributed by atoms with Crippen LogP contribution in [0, 0.1) is 0 Å². The first kappa shape index (κ1) is 7.02. The Morgan fingerprint density at radius 1 is 1.67 bits per heavy atom. The van der Waals surface area contributed by atoms with E-state index in [0.717, 1.165) is 12.1 Å². The first-order chi connectivity index (χ1) is 5.83. The second-order valence-electron chi connectivity index (χ2n) is 2.46. The summed E-state index contributed by atoms with van der Waals surface area (Å²) in [5, 5.41) is 3.97. The molecule has 12 heavy (non-hydrogen) atoms. The molecule has 2 rings (SSSR count). The van der Waals surface area contributed by atoms with Crippen molar-refractivity contribution in [3.8, 4) is 0 Å². The van der Waals surface area contributed by atoms with Crippen LogP contribution in [0.5, 0.6) is 0 Å². The fourth-order valence-corrected chi connectivity index (χ4v) is 1.12. The largest absolute Gasteiger partial charge is 0.308 e. The van der Waals surface area contributed by atoms with Crippen LogP contribution in [0.3, 0.4) is 0 Å². The normalized spacial score (nSPS) is 10.8. The van der Waals surface area contributed by atoms with Crippen LogP contribution in [-0.4, -0.2) is 19.6 Å². The topological polar surface area (TPSA) is 63.0 Å². The molecule has 62 valence electrons. The van der Waals surface area contributed by atoms with Crippen molar-refractivity contribution in [2.24, 2.45) is 0 Å². The number of aromatic nitrogens is 4. The third-order valence-electron chi connectivity index (χ3n) is 1.74. The Morgan fingerprint density at radius 2 is 2.50 bits per heavy atom. The zero-order valence-electron chi connectivity index (χ0n) is 6.61. The van der Waals surface area contributed by atoms with Gasteiger partial charge in [-0.25, -0.2) is 9.50 Å². The van der Waals surface area contributed by atoms with Crippen LogP contribution in [0.2, 0.25) is 0 Å². The fraction of sp³-hybridized carbons (Fsp3) is 0.286. The molecule has 5 heteroatoms. The summed E-state index contributed by atoms with van der Waals surface area (Å²) < 4.78 is 1.55. The predicted octanol–water partition coefficient (Wildman–Crippen LogP) is -0.0200. The molecule has 1 N–H and O–H groups in total. The quantitative estimate of drug-likeness (QED) is 0.644. The van der Waals surface area contributed by atoms with E-state index in [2.05, 4.69) is 15.1 Å². The molecule has 0 aliphatic rings. The van der Waals surface area contributed by atoms with Crippen molar-refractivity contribution in [3.63, 3.8) is 0 Å². The van der Waals surface area contributed by atoms with Gasteiger partial charge in [0.05, 0.1) is 11.9 Å². The van der Waals surface area contributed by atoms with E-state index in [4.69, 9.17) is 0 Å². The average molecular weight is 164 g/mol. The highest BCUT2D eigenvalue weighted by Gasteiger charge is 2.03. The number of H-pyrrole nitrogens is 1. The lowest BCUT2D eigenvalue weighted by Crippen LogP contribution is -2.12. The maximum absolute atomic E-state index is 11.1. The molecule has 0 unspecified atom stereocenters. The SMILES string of the molecule is CCc1cnc2c(=O)[nH]cnn12. The summed E-state index contributed by atoms with van der Waals surface area (Å²) in [5.74, 6) is 0. The van der Waals surface area contributed by atoms with E-state index in [0.29, 0.717) is 5.65 Å². The first-order valence-electron chi connectivity index (χ1n) is 3.73. The zero-order valence-corrected chi connectivity index (χ0v) is 6.61. The van der Waals surface area contributed by atoms with Gasteiger partial charge in [-0.2, -0.15) is 5.10 Å². The number of fused-ring (bicyclic) bond motifs is 1. The van der Waals surface area contributed by atoms with Gasteiger partial charge in [-0.3, -0.25) is 4.79 Å². The van der Waals surface area contributed by atoms with Gasteiger partial charge in [0.25, 0.3) is 5.56 Å². The van der Waals surface area contributed by atoms with Crippen LogP contribution in [0.4, 0.5) is 0 Å². The molecule has 0 aliphatic heterocycles. The second kappa shape index (κ2) is 2.44. The molecule has 0 saturated carbocycles. The van der Waals surface area contributed by atoms with Crippen LogP contribution in [0.25, 0.3) is 5.65 Å². The zero-order chi connectivity index (χ0) is 8.55. The smallest absolute Gasteiger partial charge is 0.294 e. The number of aryl methyl sites for hydroxylation is 1. The molecule has 0 radical (unpaired) electrons. The molecule has 0 spiro atoms. The number of rotatable bonds is 1. The van der Waals surface area contributed by atoms with Crippen molar-refractivity contribution in [2.75, 3.05) is 0 Å². The lowest BCUT2D eigenvalue weighted by atomic mass is 10.4. The number of hydrogen-bond donors (Lipinski definition) is 1. The summed E-state index contributed by atoms with van der Waals surface area (Å²) in [6.07, 6.45) is 3.85. The van der Waals surface area contributed by atoms with Crippen LogP contribution in [-0.2, 0) is 6.42 Å². The van der Waals surface area contributed by atoms with E-state index < -0.39 is 0 Å². The highest BCUT2D eigenvalue weighted by Crippen LogP contribution is 1.98. The van der Waals surface area contributed by atoms with Crippen LogP contribution < -0.4 is 5.56 Å². The second-order valence-corrected chi connectivity index (χ2v) is 2.46. The molecule has 0 amide bonds. The summed E-state index contributed by atoms with van der Waals surface area (Å²) in [7, 11) is 0. The summed E-state index contributed by atoms with van der Waals surface area (Å²) in [6.45, 7) is 1.99. The van der Waals surface area contributed by atoms with Crippen LogP contribution in [0.15, 0.2) is 17.3 Å². The maximum Gasteiger partial charge on any atom is 0.294 e. The molecule has 0 saturated heterocycles. The Kier molecular flexibility index (Phi) is 1.43. The Morgan fingerprint density at radius 3 is 3.25 bits per heavy atom. The summed E-state index contributed by atoms with van der Waals surface area (Å²) in [4.78, 5) is 17.5. The Balaban J connectivity index is 2.89. The number of aromatic amines is 1. The van der Waals surface area contributed by atoms with E-state index in [-0.39, 0.29) is 5.56 Å². The van der Waals surface area contributed by atoms with Crippen LogP contribution >= 0.6 is 0 Å². The fourth-order valence-electron chi connectivity index (χ4n) is 1.12. The molecule has 0 bridgehead atoms. The molecule has 2 aromatic heterocycles. The highest BCUT2D eigenvalue weighted by atomic mass is 16.1. The van der Waals surface area contributed by atoms with Crippen molar-refractivity contribution in [2.45, 2.75) is 13.3 Å². The van der Waals surface area contributed by atoms with Gasteiger partial charge in [-0.05, 0) is 6.42 Å². The number of nitrogens with one attached hydrogen (secondary N) is 1. The molecule has 0 fully saturated rings. The first-order valence-corrected chi connectivity index (χ1v) is 3.73. The minimum Gasteiger partial charge on any atom is -0.308 e.